The first kappa shape index (κ1) is 18.6. The zero-order chi connectivity index (χ0) is 16.0. The van der Waals surface area contributed by atoms with Crippen LogP contribution in [0.3, 0.4) is 0 Å². The minimum atomic E-state index is -0.286. The molecular formula is C16H26FN3OS. The van der Waals surface area contributed by atoms with Crippen LogP contribution in [0.1, 0.15) is 19.8 Å². The van der Waals surface area contributed by atoms with Crippen LogP contribution in [0.4, 0.5) is 4.39 Å². The number of nitrogens with one attached hydrogen (secondary N) is 2. The van der Waals surface area contributed by atoms with E-state index in [1.54, 1.807) is 12.1 Å². The first-order valence-corrected chi connectivity index (χ1v) is 9.05. The number of nitrogens with zero attached hydrogens (tertiary/aromatic N) is 1. The van der Waals surface area contributed by atoms with E-state index < -0.39 is 0 Å². The fourth-order valence-corrected chi connectivity index (χ4v) is 2.28. The zero-order valence-corrected chi connectivity index (χ0v) is 14.2. The molecule has 124 valence electrons. The standard InChI is InChI=1S/C16H26FN3OS/c1-3-18-16(19-9-4-5-12-22-2)20-10-11-21-15-8-6-7-14(17)13-15/h6-8,13H,3-5,9-12H2,1-2H3,(H2,18,19,20). The summed E-state index contributed by atoms with van der Waals surface area (Å²) < 4.78 is 18.5. The van der Waals surface area contributed by atoms with E-state index in [0.29, 0.717) is 18.9 Å². The molecule has 22 heavy (non-hydrogen) atoms. The van der Waals surface area contributed by atoms with Crippen molar-refractivity contribution in [3.8, 4) is 5.75 Å². The highest BCUT2D eigenvalue weighted by atomic mass is 32.2. The van der Waals surface area contributed by atoms with E-state index in [0.717, 1.165) is 25.5 Å². The number of aliphatic imine (C=N–C) groups is 1. The van der Waals surface area contributed by atoms with Gasteiger partial charge in [-0.05, 0) is 43.9 Å². The second-order valence-corrected chi connectivity index (χ2v) is 5.68. The van der Waals surface area contributed by atoms with E-state index in [9.17, 15) is 4.39 Å². The maximum Gasteiger partial charge on any atom is 0.191 e. The van der Waals surface area contributed by atoms with Crippen LogP contribution in [0.15, 0.2) is 29.3 Å². The molecule has 0 aliphatic rings. The van der Waals surface area contributed by atoms with Crippen LogP contribution in [-0.2, 0) is 0 Å². The normalized spacial score (nSPS) is 11.3. The quantitative estimate of drug-likeness (QED) is 0.394. The van der Waals surface area contributed by atoms with Crippen molar-refractivity contribution in [2.24, 2.45) is 4.99 Å². The number of unbranched alkanes of at least 4 members (excludes halogenated alkanes) is 1. The topological polar surface area (TPSA) is 45.7 Å². The number of benzene rings is 1. The second kappa shape index (κ2) is 12.1. The van der Waals surface area contributed by atoms with Crippen molar-refractivity contribution >= 4 is 17.7 Å². The molecule has 0 atom stereocenters. The van der Waals surface area contributed by atoms with Gasteiger partial charge in [0.15, 0.2) is 5.96 Å². The molecule has 1 aromatic carbocycles. The largest absolute Gasteiger partial charge is 0.492 e. The minimum Gasteiger partial charge on any atom is -0.492 e. The van der Waals surface area contributed by atoms with Crippen LogP contribution in [0, 0.1) is 5.82 Å². The van der Waals surface area contributed by atoms with Gasteiger partial charge in [0.1, 0.15) is 18.2 Å². The molecule has 0 radical (unpaired) electrons. The first-order valence-electron chi connectivity index (χ1n) is 7.65. The van der Waals surface area contributed by atoms with Crippen LogP contribution < -0.4 is 15.4 Å². The van der Waals surface area contributed by atoms with E-state index in [1.807, 2.05) is 18.7 Å². The van der Waals surface area contributed by atoms with Gasteiger partial charge in [-0.15, -0.1) is 0 Å². The third-order valence-electron chi connectivity index (χ3n) is 2.83. The number of guanidine groups is 1. The zero-order valence-electron chi connectivity index (χ0n) is 13.4. The van der Waals surface area contributed by atoms with Crippen LogP contribution in [-0.4, -0.2) is 44.2 Å². The number of hydrogen-bond acceptors (Lipinski definition) is 3. The van der Waals surface area contributed by atoms with Crippen molar-refractivity contribution in [2.75, 3.05) is 38.2 Å². The highest BCUT2D eigenvalue weighted by Crippen LogP contribution is 2.11. The summed E-state index contributed by atoms with van der Waals surface area (Å²) in [6.07, 6.45) is 4.40. The Morgan fingerprint density at radius 1 is 1.32 bits per heavy atom. The average molecular weight is 327 g/mol. The fraction of sp³-hybridized carbons (Fsp3) is 0.562. The Bertz CT molecular complexity index is 443. The summed E-state index contributed by atoms with van der Waals surface area (Å²) in [6.45, 7) is 4.75. The van der Waals surface area contributed by atoms with Crippen LogP contribution >= 0.6 is 11.8 Å². The highest BCUT2D eigenvalue weighted by molar-refractivity contribution is 7.98. The Hall–Kier alpha value is -1.43. The molecule has 6 heteroatoms. The summed E-state index contributed by atoms with van der Waals surface area (Å²) in [5.74, 6) is 2.24. The van der Waals surface area contributed by atoms with Gasteiger partial charge >= 0.3 is 0 Å². The fourth-order valence-electron chi connectivity index (χ4n) is 1.79. The van der Waals surface area contributed by atoms with Gasteiger partial charge in [-0.3, -0.25) is 4.99 Å². The molecule has 0 saturated heterocycles. The number of ether oxygens (including phenoxy) is 1. The lowest BCUT2D eigenvalue weighted by molar-refractivity contribution is 0.320. The molecule has 0 aliphatic carbocycles. The number of hydrogen-bond donors (Lipinski definition) is 2. The molecule has 0 amide bonds. The summed E-state index contributed by atoms with van der Waals surface area (Å²) in [6, 6.07) is 6.16. The predicted molar refractivity (Wildman–Crippen MR) is 93.5 cm³/mol. The number of halogens is 1. The molecule has 4 nitrogen and oxygen atoms in total. The Morgan fingerprint density at radius 2 is 2.18 bits per heavy atom. The average Bonchev–Trinajstić information content (AvgIpc) is 2.51. The van der Waals surface area contributed by atoms with E-state index in [4.69, 9.17) is 4.74 Å². The van der Waals surface area contributed by atoms with E-state index in [2.05, 4.69) is 21.9 Å². The molecule has 1 rings (SSSR count). The summed E-state index contributed by atoms with van der Waals surface area (Å²) in [5.41, 5.74) is 0. The summed E-state index contributed by atoms with van der Waals surface area (Å²) in [4.78, 5) is 4.51. The molecular weight excluding hydrogens is 301 g/mol. The van der Waals surface area contributed by atoms with Gasteiger partial charge in [-0.25, -0.2) is 4.39 Å². The van der Waals surface area contributed by atoms with Gasteiger partial charge in [-0.2, -0.15) is 11.8 Å². The van der Waals surface area contributed by atoms with Crippen LogP contribution in [0.25, 0.3) is 0 Å². The maximum absolute atomic E-state index is 13.0. The molecule has 0 fully saturated rings. The van der Waals surface area contributed by atoms with Gasteiger partial charge < -0.3 is 15.4 Å². The van der Waals surface area contributed by atoms with Gasteiger partial charge in [0.25, 0.3) is 0 Å². The van der Waals surface area contributed by atoms with E-state index in [1.165, 1.54) is 24.3 Å². The Kier molecular flexibility index (Phi) is 10.3. The minimum absolute atomic E-state index is 0.286. The van der Waals surface area contributed by atoms with Gasteiger partial charge in [0.05, 0.1) is 6.54 Å². The SMILES string of the molecule is CCNC(=NCCCCSC)NCCOc1cccc(F)c1. The molecule has 2 N–H and O–H groups in total. The van der Waals surface area contributed by atoms with E-state index >= 15 is 0 Å². The summed E-state index contributed by atoms with van der Waals surface area (Å²) in [5, 5.41) is 6.41. The molecule has 0 aromatic heterocycles. The molecule has 0 saturated carbocycles. The van der Waals surface area contributed by atoms with Gasteiger partial charge in [0, 0.05) is 19.2 Å². The first-order chi connectivity index (χ1) is 10.8. The van der Waals surface area contributed by atoms with Gasteiger partial charge in [-0.1, -0.05) is 6.07 Å². The molecule has 0 heterocycles. The smallest absolute Gasteiger partial charge is 0.191 e. The lowest BCUT2D eigenvalue weighted by Gasteiger charge is -2.12. The van der Waals surface area contributed by atoms with Crippen molar-refractivity contribution in [1.29, 1.82) is 0 Å². The second-order valence-electron chi connectivity index (χ2n) is 4.69. The van der Waals surface area contributed by atoms with Crippen molar-refractivity contribution in [2.45, 2.75) is 19.8 Å². The molecule has 1 aromatic rings. The summed E-state index contributed by atoms with van der Waals surface area (Å²) in [7, 11) is 0. The predicted octanol–water partition coefficient (Wildman–Crippen LogP) is 2.90. The summed E-state index contributed by atoms with van der Waals surface area (Å²) >= 11 is 1.86. The number of rotatable bonds is 10. The van der Waals surface area contributed by atoms with Crippen molar-refractivity contribution < 1.29 is 9.13 Å². The van der Waals surface area contributed by atoms with Crippen molar-refractivity contribution in [1.82, 2.24) is 10.6 Å². The monoisotopic (exact) mass is 327 g/mol. The highest BCUT2D eigenvalue weighted by Gasteiger charge is 1.98. The Balaban J connectivity index is 2.24. The van der Waals surface area contributed by atoms with Crippen LogP contribution in [0.2, 0.25) is 0 Å². The molecule has 0 bridgehead atoms. The molecule has 0 spiro atoms. The van der Waals surface area contributed by atoms with E-state index in [-0.39, 0.29) is 5.82 Å². The lowest BCUT2D eigenvalue weighted by atomic mass is 10.3. The molecule has 0 unspecified atom stereocenters. The lowest BCUT2D eigenvalue weighted by Crippen LogP contribution is -2.39. The Labute approximate surface area is 136 Å². The Morgan fingerprint density at radius 3 is 2.91 bits per heavy atom. The van der Waals surface area contributed by atoms with Crippen molar-refractivity contribution in [3.63, 3.8) is 0 Å². The third-order valence-corrected chi connectivity index (χ3v) is 3.53. The molecule has 0 aliphatic heterocycles. The maximum atomic E-state index is 13.0. The number of thioether (sulfide) groups is 1. The van der Waals surface area contributed by atoms with Crippen LogP contribution in [0.5, 0.6) is 5.75 Å². The third kappa shape index (κ3) is 8.77. The van der Waals surface area contributed by atoms with Gasteiger partial charge in [0.2, 0.25) is 0 Å². The van der Waals surface area contributed by atoms with Crippen molar-refractivity contribution in [3.05, 3.63) is 30.1 Å².